The highest BCUT2D eigenvalue weighted by Crippen LogP contribution is 2.25. The first kappa shape index (κ1) is 14.0. The average molecular weight is 279 g/mol. The molecule has 0 bridgehead atoms. The van der Waals surface area contributed by atoms with Crippen LogP contribution in [-0.2, 0) is 6.42 Å². The van der Waals surface area contributed by atoms with Crippen LogP contribution in [0.15, 0.2) is 36.4 Å². The molecule has 1 atom stereocenters. The summed E-state index contributed by atoms with van der Waals surface area (Å²) in [6, 6.07) is 10.2. The van der Waals surface area contributed by atoms with Crippen LogP contribution in [0, 0.1) is 19.7 Å². The Morgan fingerprint density at radius 1 is 1.11 bits per heavy atom. The van der Waals surface area contributed by atoms with E-state index in [9.17, 15) is 9.50 Å². The summed E-state index contributed by atoms with van der Waals surface area (Å²) >= 11 is 5.97. The minimum Gasteiger partial charge on any atom is -0.388 e. The Kier molecular flexibility index (Phi) is 4.23. The molecule has 0 heterocycles. The first-order valence-corrected chi connectivity index (χ1v) is 6.53. The van der Waals surface area contributed by atoms with Crippen molar-refractivity contribution in [1.29, 1.82) is 0 Å². The lowest BCUT2D eigenvalue weighted by molar-refractivity contribution is 0.178. The maximum absolute atomic E-state index is 13.0. The van der Waals surface area contributed by atoms with E-state index in [1.165, 1.54) is 12.1 Å². The molecule has 1 unspecified atom stereocenters. The maximum Gasteiger partial charge on any atom is 0.124 e. The van der Waals surface area contributed by atoms with E-state index < -0.39 is 6.10 Å². The third kappa shape index (κ3) is 3.55. The smallest absolute Gasteiger partial charge is 0.124 e. The van der Waals surface area contributed by atoms with Crippen molar-refractivity contribution in [1.82, 2.24) is 0 Å². The number of aliphatic hydroxyl groups excluding tert-OH is 1. The van der Waals surface area contributed by atoms with Crippen molar-refractivity contribution < 1.29 is 9.50 Å². The van der Waals surface area contributed by atoms with E-state index in [1.54, 1.807) is 6.07 Å². The first-order valence-electron chi connectivity index (χ1n) is 6.16. The summed E-state index contributed by atoms with van der Waals surface area (Å²) in [4.78, 5) is 0. The van der Waals surface area contributed by atoms with Crippen LogP contribution in [0.25, 0.3) is 0 Å². The standard InChI is InChI=1S/C16H16ClFO/c1-10-5-11(2)7-13(6-10)16(19)8-12-3-4-14(18)9-15(12)17/h3-7,9,16,19H,8H2,1-2H3. The van der Waals surface area contributed by atoms with Gasteiger partial charge in [-0.25, -0.2) is 4.39 Å². The zero-order valence-electron chi connectivity index (χ0n) is 11.0. The summed E-state index contributed by atoms with van der Waals surface area (Å²) in [5.41, 5.74) is 3.83. The Bertz CT molecular complexity index is 575. The minimum atomic E-state index is -0.637. The van der Waals surface area contributed by atoms with E-state index in [1.807, 2.05) is 26.0 Å². The molecule has 0 saturated carbocycles. The van der Waals surface area contributed by atoms with Gasteiger partial charge in [0.1, 0.15) is 5.82 Å². The van der Waals surface area contributed by atoms with Crippen LogP contribution in [0.4, 0.5) is 4.39 Å². The minimum absolute atomic E-state index is 0.350. The molecule has 2 aromatic carbocycles. The summed E-state index contributed by atoms with van der Waals surface area (Å²) in [6.45, 7) is 3.99. The Hall–Kier alpha value is -1.38. The van der Waals surface area contributed by atoms with E-state index in [2.05, 4.69) is 6.07 Å². The molecule has 0 amide bonds. The largest absolute Gasteiger partial charge is 0.388 e. The van der Waals surface area contributed by atoms with Crippen LogP contribution in [0.2, 0.25) is 5.02 Å². The summed E-state index contributed by atoms with van der Waals surface area (Å²) in [7, 11) is 0. The van der Waals surface area contributed by atoms with Crippen molar-refractivity contribution in [2.24, 2.45) is 0 Å². The van der Waals surface area contributed by atoms with Crippen molar-refractivity contribution in [3.05, 3.63) is 69.5 Å². The zero-order chi connectivity index (χ0) is 14.0. The molecule has 0 radical (unpaired) electrons. The van der Waals surface area contributed by atoms with Crippen molar-refractivity contribution in [3.63, 3.8) is 0 Å². The number of halogens is 2. The molecule has 0 aliphatic heterocycles. The lowest BCUT2D eigenvalue weighted by Crippen LogP contribution is -2.03. The average Bonchev–Trinajstić information content (AvgIpc) is 2.31. The van der Waals surface area contributed by atoms with E-state index in [0.29, 0.717) is 11.4 Å². The van der Waals surface area contributed by atoms with Crippen LogP contribution >= 0.6 is 11.6 Å². The van der Waals surface area contributed by atoms with Gasteiger partial charge in [-0.2, -0.15) is 0 Å². The molecule has 0 spiro atoms. The molecule has 0 aliphatic carbocycles. The van der Waals surface area contributed by atoms with Crippen LogP contribution < -0.4 is 0 Å². The Balaban J connectivity index is 2.22. The second kappa shape index (κ2) is 5.72. The fourth-order valence-electron chi connectivity index (χ4n) is 2.22. The number of aliphatic hydroxyl groups is 1. The highest BCUT2D eigenvalue weighted by atomic mass is 35.5. The van der Waals surface area contributed by atoms with Crippen molar-refractivity contribution in [3.8, 4) is 0 Å². The third-order valence-corrected chi connectivity index (χ3v) is 3.41. The molecule has 3 heteroatoms. The number of rotatable bonds is 3. The lowest BCUT2D eigenvalue weighted by Gasteiger charge is -2.14. The molecule has 100 valence electrons. The molecule has 19 heavy (non-hydrogen) atoms. The van der Waals surface area contributed by atoms with Crippen LogP contribution in [0.5, 0.6) is 0 Å². The quantitative estimate of drug-likeness (QED) is 0.884. The molecular formula is C16H16ClFO. The molecule has 0 saturated heterocycles. The van der Waals surface area contributed by atoms with E-state index >= 15 is 0 Å². The predicted octanol–water partition coefficient (Wildman–Crippen LogP) is 4.37. The third-order valence-electron chi connectivity index (χ3n) is 3.06. The van der Waals surface area contributed by atoms with Gasteiger partial charge in [0.25, 0.3) is 0 Å². The van der Waals surface area contributed by atoms with Gasteiger partial charge in [-0.15, -0.1) is 0 Å². The fraction of sp³-hybridized carbons (Fsp3) is 0.250. The van der Waals surface area contributed by atoms with Gasteiger partial charge in [0.05, 0.1) is 6.10 Å². The zero-order valence-corrected chi connectivity index (χ0v) is 11.7. The number of aryl methyl sites for hydroxylation is 2. The normalized spacial score (nSPS) is 12.5. The molecule has 0 fully saturated rings. The molecule has 2 aromatic rings. The Morgan fingerprint density at radius 3 is 2.32 bits per heavy atom. The molecule has 0 aromatic heterocycles. The SMILES string of the molecule is Cc1cc(C)cc(C(O)Cc2ccc(F)cc2Cl)c1. The summed E-state index contributed by atoms with van der Waals surface area (Å²) in [6.07, 6.45) is -0.260. The molecule has 1 N–H and O–H groups in total. The highest BCUT2D eigenvalue weighted by Gasteiger charge is 2.12. The highest BCUT2D eigenvalue weighted by molar-refractivity contribution is 6.31. The van der Waals surface area contributed by atoms with Crippen molar-refractivity contribution in [2.75, 3.05) is 0 Å². The number of hydrogen-bond donors (Lipinski definition) is 1. The molecule has 1 nitrogen and oxygen atoms in total. The van der Waals surface area contributed by atoms with Gasteiger partial charge in [-0.05, 0) is 37.1 Å². The Morgan fingerprint density at radius 2 is 1.74 bits per heavy atom. The van der Waals surface area contributed by atoms with Gasteiger partial charge in [0.2, 0.25) is 0 Å². The van der Waals surface area contributed by atoms with Crippen molar-refractivity contribution in [2.45, 2.75) is 26.4 Å². The molecule has 2 rings (SSSR count). The lowest BCUT2D eigenvalue weighted by atomic mass is 9.98. The van der Waals surface area contributed by atoms with Gasteiger partial charge in [-0.3, -0.25) is 0 Å². The second-order valence-electron chi connectivity index (χ2n) is 4.88. The number of hydrogen-bond acceptors (Lipinski definition) is 1. The van der Waals surface area contributed by atoms with E-state index in [0.717, 1.165) is 22.3 Å². The maximum atomic E-state index is 13.0. The second-order valence-corrected chi connectivity index (χ2v) is 5.28. The monoisotopic (exact) mass is 278 g/mol. The van der Waals surface area contributed by atoms with Crippen LogP contribution in [0.3, 0.4) is 0 Å². The Labute approximate surface area is 117 Å². The van der Waals surface area contributed by atoms with Gasteiger partial charge in [0.15, 0.2) is 0 Å². The van der Waals surface area contributed by atoms with E-state index in [-0.39, 0.29) is 5.82 Å². The van der Waals surface area contributed by atoms with Crippen molar-refractivity contribution >= 4 is 11.6 Å². The summed E-state index contributed by atoms with van der Waals surface area (Å²) < 4.78 is 13.0. The number of benzene rings is 2. The molecule has 0 aliphatic rings. The van der Waals surface area contributed by atoms with Crippen LogP contribution in [0.1, 0.15) is 28.4 Å². The van der Waals surface area contributed by atoms with Gasteiger partial charge < -0.3 is 5.11 Å². The fourth-order valence-corrected chi connectivity index (χ4v) is 2.46. The first-order chi connectivity index (χ1) is 8.95. The van der Waals surface area contributed by atoms with Crippen LogP contribution in [-0.4, -0.2) is 5.11 Å². The van der Waals surface area contributed by atoms with Gasteiger partial charge in [0, 0.05) is 11.4 Å². The topological polar surface area (TPSA) is 20.2 Å². The van der Waals surface area contributed by atoms with E-state index in [4.69, 9.17) is 11.6 Å². The van der Waals surface area contributed by atoms with Gasteiger partial charge >= 0.3 is 0 Å². The van der Waals surface area contributed by atoms with Gasteiger partial charge in [-0.1, -0.05) is 47.0 Å². The predicted molar refractivity (Wildman–Crippen MR) is 76.0 cm³/mol. The summed E-state index contributed by atoms with van der Waals surface area (Å²) in [5, 5.41) is 10.6. The summed E-state index contributed by atoms with van der Waals surface area (Å²) in [5.74, 6) is -0.366. The molecular weight excluding hydrogens is 263 g/mol.